The minimum atomic E-state index is -0.130. The fourth-order valence-electron chi connectivity index (χ4n) is 3.98. The lowest BCUT2D eigenvalue weighted by molar-refractivity contribution is -0.113. The van der Waals surface area contributed by atoms with E-state index in [0.717, 1.165) is 38.7 Å². The third-order valence-corrected chi connectivity index (χ3v) is 6.47. The van der Waals surface area contributed by atoms with E-state index in [-0.39, 0.29) is 11.7 Å². The van der Waals surface area contributed by atoms with Gasteiger partial charge in [0.15, 0.2) is 10.8 Å². The minimum absolute atomic E-state index is 0.130. The monoisotopic (exact) mass is 465 g/mol. The highest BCUT2D eigenvalue weighted by molar-refractivity contribution is 7.99. The highest BCUT2D eigenvalue weighted by Crippen LogP contribution is 2.31. The van der Waals surface area contributed by atoms with Gasteiger partial charge in [-0.3, -0.25) is 9.89 Å². The van der Waals surface area contributed by atoms with Crippen molar-refractivity contribution in [2.45, 2.75) is 12.1 Å². The van der Waals surface area contributed by atoms with Crippen LogP contribution in [0.2, 0.25) is 0 Å². The van der Waals surface area contributed by atoms with E-state index in [9.17, 15) is 4.79 Å². The molecule has 0 unspecified atom stereocenters. The van der Waals surface area contributed by atoms with Gasteiger partial charge in [-0.05, 0) is 25.1 Å². The fourth-order valence-corrected chi connectivity index (χ4v) is 4.56. The Labute approximate surface area is 198 Å². The largest absolute Gasteiger partial charge is 0.325 e. The molecule has 1 amide bonds. The Morgan fingerprint density at radius 2 is 1.88 bits per heavy atom. The molecular formula is C25H19N7OS. The number of hydrogen-bond donors (Lipinski definition) is 2. The summed E-state index contributed by atoms with van der Waals surface area (Å²) in [6.45, 7) is 2.07. The normalized spacial score (nSPS) is 11.4. The number of nitrogens with zero attached hydrogens (tertiary/aromatic N) is 5. The average Bonchev–Trinajstić information content (AvgIpc) is 3.50. The summed E-state index contributed by atoms with van der Waals surface area (Å²) in [6, 6.07) is 22.2. The van der Waals surface area contributed by atoms with Crippen LogP contribution in [0, 0.1) is 6.92 Å². The maximum absolute atomic E-state index is 12.4. The first-order valence-electron chi connectivity index (χ1n) is 10.7. The predicted octanol–water partition coefficient (Wildman–Crippen LogP) is 4.86. The molecular weight excluding hydrogens is 446 g/mol. The van der Waals surface area contributed by atoms with Gasteiger partial charge in [-0.1, -0.05) is 65.9 Å². The number of aromatic nitrogens is 6. The van der Waals surface area contributed by atoms with Crippen LogP contribution in [0.15, 0.2) is 78.2 Å². The summed E-state index contributed by atoms with van der Waals surface area (Å²) in [6.07, 6.45) is 1.42. The number of H-pyrrole nitrogens is 1. The van der Waals surface area contributed by atoms with Gasteiger partial charge in [-0.25, -0.2) is 14.5 Å². The first kappa shape index (κ1) is 20.4. The van der Waals surface area contributed by atoms with Crippen molar-refractivity contribution in [3.05, 3.63) is 78.6 Å². The van der Waals surface area contributed by atoms with Crippen LogP contribution in [0.3, 0.4) is 0 Å². The van der Waals surface area contributed by atoms with Crippen molar-refractivity contribution >= 4 is 50.8 Å². The van der Waals surface area contributed by atoms with Crippen LogP contribution in [-0.2, 0) is 4.79 Å². The van der Waals surface area contributed by atoms with E-state index in [1.54, 1.807) is 0 Å². The Morgan fingerprint density at radius 1 is 1.06 bits per heavy atom. The smallest absolute Gasteiger partial charge is 0.234 e. The molecule has 0 atom stereocenters. The molecule has 3 aromatic heterocycles. The van der Waals surface area contributed by atoms with Gasteiger partial charge >= 0.3 is 0 Å². The van der Waals surface area contributed by atoms with Crippen LogP contribution in [0.25, 0.3) is 38.7 Å². The molecule has 0 fully saturated rings. The summed E-state index contributed by atoms with van der Waals surface area (Å²) in [7, 11) is 0. The number of amides is 1. The molecule has 9 heteroatoms. The zero-order chi connectivity index (χ0) is 23.1. The third-order valence-electron chi connectivity index (χ3n) is 5.60. The number of carbonyl (C=O) groups excluding carboxylic acids is 1. The Hall–Kier alpha value is -4.24. The third kappa shape index (κ3) is 3.65. The van der Waals surface area contributed by atoms with Gasteiger partial charge in [0, 0.05) is 22.0 Å². The summed E-state index contributed by atoms with van der Waals surface area (Å²) < 4.78 is 1.89. The molecule has 0 spiro atoms. The number of aromatic amines is 1. The number of fused-ring (bicyclic) bond motifs is 5. The molecule has 0 bridgehead atoms. The summed E-state index contributed by atoms with van der Waals surface area (Å²) in [4.78, 5) is 21.3. The molecule has 6 aromatic rings. The van der Waals surface area contributed by atoms with Crippen molar-refractivity contribution in [1.82, 2.24) is 29.8 Å². The second-order valence-corrected chi connectivity index (χ2v) is 8.90. The van der Waals surface area contributed by atoms with Gasteiger partial charge in [0.25, 0.3) is 0 Å². The highest BCUT2D eigenvalue weighted by atomic mass is 32.2. The van der Waals surface area contributed by atoms with Crippen molar-refractivity contribution < 1.29 is 4.79 Å². The van der Waals surface area contributed by atoms with Crippen molar-refractivity contribution in [3.8, 4) is 11.3 Å². The number of benzene rings is 3. The van der Waals surface area contributed by atoms with Gasteiger partial charge < -0.3 is 5.32 Å². The predicted molar refractivity (Wildman–Crippen MR) is 134 cm³/mol. The Balaban J connectivity index is 1.40. The zero-order valence-corrected chi connectivity index (χ0v) is 19.0. The van der Waals surface area contributed by atoms with Crippen LogP contribution < -0.4 is 5.32 Å². The SMILES string of the molecule is Cc1ccc(-c2nn3c4ccc(NC(=O)CSc5ncn[nH]5)cc4nc3c3ccccc23)cc1. The van der Waals surface area contributed by atoms with E-state index in [1.165, 1.54) is 23.7 Å². The van der Waals surface area contributed by atoms with Crippen LogP contribution in [-0.4, -0.2) is 41.4 Å². The zero-order valence-electron chi connectivity index (χ0n) is 18.2. The van der Waals surface area contributed by atoms with Crippen LogP contribution in [0.5, 0.6) is 0 Å². The fraction of sp³-hybridized carbons (Fsp3) is 0.0800. The van der Waals surface area contributed by atoms with Crippen molar-refractivity contribution in [2.24, 2.45) is 0 Å². The Bertz CT molecular complexity index is 1660. The average molecular weight is 466 g/mol. The molecule has 2 N–H and O–H groups in total. The molecule has 0 saturated carbocycles. The quantitative estimate of drug-likeness (QED) is 0.353. The molecule has 34 heavy (non-hydrogen) atoms. The molecule has 166 valence electrons. The maximum Gasteiger partial charge on any atom is 0.234 e. The van der Waals surface area contributed by atoms with Gasteiger partial charge in [0.1, 0.15) is 6.33 Å². The molecule has 3 aromatic carbocycles. The molecule has 0 aliphatic carbocycles. The topological polar surface area (TPSA) is 101 Å². The van der Waals surface area contributed by atoms with Crippen LogP contribution >= 0.6 is 11.8 Å². The van der Waals surface area contributed by atoms with Crippen molar-refractivity contribution in [3.63, 3.8) is 0 Å². The van der Waals surface area contributed by atoms with Gasteiger partial charge in [0.2, 0.25) is 5.91 Å². The van der Waals surface area contributed by atoms with E-state index in [2.05, 4.69) is 63.8 Å². The maximum atomic E-state index is 12.4. The number of rotatable bonds is 5. The highest BCUT2D eigenvalue weighted by Gasteiger charge is 2.15. The Kier molecular flexibility index (Phi) is 4.96. The summed E-state index contributed by atoms with van der Waals surface area (Å²) >= 11 is 1.29. The summed E-state index contributed by atoms with van der Waals surface area (Å²) in [5.74, 6) is 0.0968. The number of hydrogen-bond acceptors (Lipinski definition) is 6. The number of thioether (sulfide) groups is 1. The number of anilines is 1. The molecule has 8 nitrogen and oxygen atoms in total. The van der Waals surface area contributed by atoms with E-state index >= 15 is 0 Å². The molecule has 0 saturated heterocycles. The standard InChI is InChI=1S/C25H19N7OS/c1-15-6-8-16(9-7-15)23-18-4-2-3-5-19(18)24-29-20-12-17(10-11-21(20)32(24)31-23)28-22(33)13-34-25-26-14-27-30-25/h2-12,14H,13H2,1H3,(H,28,33)(H,26,27,30). The lowest BCUT2D eigenvalue weighted by atomic mass is 10.0. The van der Waals surface area contributed by atoms with E-state index in [1.807, 2.05) is 34.8 Å². The van der Waals surface area contributed by atoms with Gasteiger partial charge in [-0.15, -0.1) is 0 Å². The van der Waals surface area contributed by atoms with E-state index in [4.69, 9.17) is 10.1 Å². The second-order valence-electron chi connectivity index (χ2n) is 7.94. The van der Waals surface area contributed by atoms with Gasteiger partial charge in [-0.2, -0.15) is 10.2 Å². The first-order chi connectivity index (χ1) is 16.7. The minimum Gasteiger partial charge on any atom is -0.325 e. The summed E-state index contributed by atoms with van der Waals surface area (Å²) in [5, 5.41) is 17.1. The Morgan fingerprint density at radius 3 is 2.68 bits per heavy atom. The van der Waals surface area contributed by atoms with E-state index < -0.39 is 0 Å². The lowest BCUT2D eigenvalue weighted by Gasteiger charge is -2.08. The first-order valence-corrected chi connectivity index (χ1v) is 11.7. The van der Waals surface area contributed by atoms with Crippen molar-refractivity contribution in [1.29, 1.82) is 0 Å². The second kappa shape index (κ2) is 8.27. The molecule has 0 radical (unpaired) electrons. The molecule has 3 heterocycles. The molecule has 0 aliphatic rings. The van der Waals surface area contributed by atoms with Crippen LogP contribution in [0.1, 0.15) is 5.56 Å². The number of aryl methyl sites for hydroxylation is 1. The number of nitrogens with one attached hydrogen (secondary N) is 2. The number of imidazole rings is 1. The number of carbonyl (C=O) groups is 1. The lowest BCUT2D eigenvalue weighted by Crippen LogP contribution is -2.14. The van der Waals surface area contributed by atoms with E-state index in [0.29, 0.717) is 10.8 Å². The molecule has 6 rings (SSSR count). The van der Waals surface area contributed by atoms with Crippen LogP contribution in [0.4, 0.5) is 5.69 Å². The van der Waals surface area contributed by atoms with Gasteiger partial charge in [0.05, 0.1) is 22.5 Å². The van der Waals surface area contributed by atoms with Crippen molar-refractivity contribution in [2.75, 3.05) is 11.1 Å². The summed E-state index contributed by atoms with van der Waals surface area (Å²) in [5.41, 5.74) is 6.27. The molecule has 0 aliphatic heterocycles.